The SMILES string of the molecule is CCC1(C)CCN(c2cccnc2C(=O)O)CC1. The lowest BCUT2D eigenvalue weighted by molar-refractivity contribution is 0.0691. The van der Waals surface area contributed by atoms with Crippen molar-refractivity contribution in [2.24, 2.45) is 5.41 Å². The number of nitrogens with zero attached hydrogens (tertiary/aromatic N) is 2. The number of carboxylic acids is 1. The Balaban J connectivity index is 2.17. The number of piperidine rings is 1. The van der Waals surface area contributed by atoms with Gasteiger partial charge in [0.05, 0.1) is 5.69 Å². The van der Waals surface area contributed by atoms with E-state index >= 15 is 0 Å². The first-order valence-corrected chi connectivity index (χ1v) is 6.49. The van der Waals surface area contributed by atoms with Crippen LogP contribution in [0.5, 0.6) is 0 Å². The van der Waals surface area contributed by atoms with Crippen molar-refractivity contribution in [3.05, 3.63) is 24.0 Å². The number of hydrogen-bond acceptors (Lipinski definition) is 3. The summed E-state index contributed by atoms with van der Waals surface area (Å²) in [6.45, 7) is 6.36. The summed E-state index contributed by atoms with van der Waals surface area (Å²) in [4.78, 5) is 17.3. The van der Waals surface area contributed by atoms with Crippen LogP contribution in [0.4, 0.5) is 5.69 Å². The maximum Gasteiger partial charge on any atom is 0.356 e. The predicted octanol–water partition coefficient (Wildman–Crippen LogP) is 2.80. The third kappa shape index (κ3) is 2.47. The Morgan fingerprint density at radius 3 is 2.72 bits per heavy atom. The maximum atomic E-state index is 11.2. The fraction of sp³-hybridized carbons (Fsp3) is 0.571. The molecule has 1 aliphatic rings. The molecule has 18 heavy (non-hydrogen) atoms. The van der Waals surface area contributed by atoms with Gasteiger partial charge in [0.25, 0.3) is 0 Å². The number of pyridine rings is 1. The summed E-state index contributed by atoms with van der Waals surface area (Å²) in [5.74, 6) is -0.950. The van der Waals surface area contributed by atoms with Crippen LogP contribution in [0, 0.1) is 5.41 Å². The summed E-state index contributed by atoms with van der Waals surface area (Å²) >= 11 is 0. The average molecular weight is 248 g/mol. The van der Waals surface area contributed by atoms with E-state index in [1.54, 1.807) is 6.07 Å². The van der Waals surface area contributed by atoms with Crippen LogP contribution in [0.25, 0.3) is 0 Å². The van der Waals surface area contributed by atoms with Crippen molar-refractivity contribution in [1.82, 2.24) is 4.98 Å². The maximum absolute atomic E-state index is 11.2. The lowest BCUT2D eigenvalue weighted by atomic mass is 9.78. The van der Waals surface area contributed by atoms with E-state index in [0.29, 0.717) is 5.41 Å². The zero-order valence-electron chi connectivity index (χ0n) is 11.0. The highest BCUT2D eigenvalue weighted by atomic mass is 16.4. The minimum atomic E-state index is -0.950. The summed E-state index contributed by atoms with van der Waals surface area (Å²) in [7, 11) is 0. The molecule has 0 radical (unpaired) electrons. The van der Waals surface area contributed by atoms with Crippen LogP contribution >= 0.6 is 0 Å². The first kappa shape index (κ1) is 12.9. The van der Waals surface area contributed by atoms with Crippen LogP contribution in [0.15, 0.2) is 18.3 Å². The molecule has 2 rings (SSSR count). The largest absolute Gasteiger partial charge is 0.476 e. The van der Waals surface area contributed by atoms with E-state index in [-0.39, 0.29) is 5.69 Å². The van der Waals surface area contributed by atoms with Gasteiger partial charge < -0.3 is 10.0 Å². The monoisotopic (exact) mass is 248 g/mol. The van der Waals surface area contributed by atoms with Crippen molar-refractivity contribution < 1.29 is 9.90 Å². The molecule has 0 spiro atoms. The summed E-state index contributed by atoms with van der Waals surface area (Å²) in [6, 6.07) is 3.65. The third-order valence-electron chi connectivity index (χ3n) is 4.15. The number of hydrogen-bond donors (Lipinski definition) is 1. The Bertz CT molecular complexity index is 437. The van der Waals surface area contributed by atoms with Gasteiger partial charge in [-0.1, -0.05) is 20.3 Å². The van der Waals surface area contributed by atoms with Crippen LogP contribution in [0.1, 0.15) is 43.6 Å². The molecule has 4 nitrogen and oxygen atoms in total. The van der Waals surface area contributed by atoms with Crippen LogP contribution in [0.3, 0.4) is 0 Å². The first-order chi connectivity index (χ1) is 8.56. The normalized spacial score (nSPS) is 18.7. The molecule has 1 saturated heterocycles. The quantitative estimate of drug-likeness (QED) is 0.893. The molecule has 2 heterocycles. The van der Waals surface area contributed by atoms with Gasteiger partial charge in [0.1, 0.15) is 0 Å². The van der Waals surface area contributed by atoms with Crippen LogP contribution in [-0.4, -0.2) is 29.1 Å². The summed E-state index contributed by atoms with van der Waals surface area (Å²) in [5.41, 5.74) is 1.32. The van der Waals surface area contributed by atoms with E-state index in [1.165, 1.54) is 12.6 Å². The first-order valence-electron chi connectivity index (χ1n) is 6.49. The Labute approximate surface area is 108 Å². The molecule has 0 bridgehead atoms. The third-order valence-corrected chi connectivity index (χ3v) is 4.15. The van der Waals surface area contributed by atoms with E-state index < -0.39 is 5.97 Å². The van der Waals surface area contributed by atoms with Gasteiger partial charge in [-0.2, -0.15) is 0 Å². The van der Waals surface area contributed by atoms with E-state index in [4.69, 9.17) is 5.11 Å². The molecule has 0 saturated carbocycles. The van der Waals surface area contributed by atoms with Crippen LogP contribution in [-0.2, 0) is 0 Å². The van der Waals surface area contributed by atoms with E-state index in [1.807, 2.05) is 6.07 Å². The van der Waals surface area contributed by atoms with Crippen molar-refractivity contribution in [2.45, 2.75) is 33.1 Å². The van der Waals surface area contributed by atoms with Crippen LogP contribution in [0.2, 0.25) is 0 Å². The molecule has 0 unspecified atom stereocenters. The number of carboxylic acid groups (broad SMARTS) is 1. The zero-order chi connectivity index (χ0) is 13.2. The average Bonchev–Trinajstić information content (AvgIpc) is 2.39. The molecular weight excluding hydrogens is 228 g/mol. The van der Waals surface area contributed by atoms with Gasteiger partial charge in [-0.05, 0) is 30.4 Å². The Kier molecular flexibility index (Phi) is 3.55. The van der Waals surface area contributed by atoms with Crippen molar-refractivity contribution in [3.63, 3.8) is 0 Å². The van der Waals surface area contributed by atoms with Gasteiger partial charge in [-0.3, -0.25) is 0 Å². The minimum absolute atomic E-state index is 0.164. The molecule has 1 N–H and O–H groups in total. The van der Waals surface area contributed by atoms with Gasteiger partial charge in [0.15, 0.2) is 5.69 Å². The Hall–Kier alpha value is -1.58. The number of anilines is 1. The molecule has 0 amide bonds. The highest BCUT2D eigenvalue weighted by molar-refractivity contribution is 5.92. The highest BCUT2D eigenvalue weighted by Crippen LogP contribution is 2.36. The van der Waals surface area contributed by atoms with E-state index in [9.17, 15) is 4.79 Å². The second kappa shape index (κ2) is 4.96. The fourth-order valence-corrected chi connectivity index (χ4v) is 2.46. The lowest BCUT2D eigenvalue weighted by Gasteiger charge is -2.40. The number of carbonyl (C=O) groups is 1. The van der Waals surface area contributed by atoms with Gasteiger partial charge in [0, 0.05) is 19.3 Å². The summed E-state index contributed by atoms with van der Waals surface area (Å²) in [5, 5.41) is 9.16. The van der Waals surface area contributed by atoms with E-state index in [0.717, 1.165) is 31.6 Å². The molecule has 1 aromatic rings. The molecule has 0 atom stereocenters. The number of rotatable bonds is 3. The second-order valence-electron chi connectivity index (χ2n) is 5.33. The van der Waals surface area contributed by atoms with Gasteiger partial charge >= 0.3 is 5.97 Å². The minimum Gasteiger partial charge on any atom is -0.476 e. The lowest BCUT2D eigenvalue weighted by Crippen LogP contribution is -2.39. The van der Waals surface area contributed by atoms with Gasteiger partial charge in [0.2, 0.25) is 0 Å². The van der Waals surface area contributed by atoms with Gasteiger partial charge in [-0.25, -0.2) is 9.78 Å². The molecule has 1 aliphatic heterocycles. The molecule has 4 heteroatoms. The van der Waals surface area contributed by atoms with Crippen LogP contribution < -0.4 is 4.90 Å². The van der Waals surface area contributed by atoms with Crippen molar-refractivity contribution in [1.29, 1.82) is 0 Å². The molecule has 0 aliphatic carbocycles. The molecule has 1 aromatic heterocycles. The highest BCUT2D eigenvalue weighted by Gasteiger charge is 2.29. The van der Waals surface area contributed by atoms with E-state index in [2.05, 4.69) is 23.7 Å². The van der Waals surface area contributed by atoms with Crippen molar-refractivity contribution >= 4 is 11.7 Å². The molecular formula is C14H20N2O2. The number of aromatic carboxylic acids is 1. The summed E-state index contributed by atoms with van der Waals surface area (Å²) < 4.78 is 0. The molecule has 98 valence electrons. The topological polar surface area (TPSA) is 53.4 Å². The Morgan fingerprint density at radius 2 is 2.17 bits per heavy atom. The second-order valence-corrected chi connectivity index (χ2v) is 5.33. The smallest absolute Gasteiger partial charge is 0.356 e. The Morgan fingerprint density at radius 1 is 1.50 bits per heavy atom. The van der Waals surface area contributed by atoms with Crippen molar-refractivity contribution in [2.75, 3.05) is 18.0 Å². The predicted molar refractivity (Wildman–Crippen MR) is 71.0 cm³/mol. The zero-order valence-corrected chi connectivity index (χ0v) is 11.0. The molecule has 0 aromatic carbocycles. The standard InChI is InChI=1S/C14H20N2O2/c1-3-14(2)6-9-16(10-7-14)11-5-4-8-15-12(11)13(17)18/h4-5,8H,3,6-7,9-10H2,1-2H3,(H,17,18). The number of aromatic nitrogens is 1. The van der Waals surface area contributed by atoms with Gasteiger partial charge in [-0.15, -0.1) is 0 Å². The fourth-order valence-electron chi connectivity index (χ4n) is 2.46. The summed E-state index contributed by atoms with van der Waals surface area (Å²) in [6.07, 6.45) is 4.93. The molecule has 1 fully saturated rings. The van der Waals surface area contributed by atoms with Crippen molar-refractivity contribution in [3.8, 4) is 0 Å².